The van der Waals surface area contributed by atoms with Gasteiger partial charge in [-0.15, -0.1) is 5.10 Å². The number of ether oxygens (including phenoxy) is 1. The predicted molar refractivity (Wildman–Crippen MR) is 76.3 cm³/mol. The maximum atomic E-state index is 12.1. The van der Waals surface area contributed by atoms with Gasteiger partial charge in [0.05, 0.1) is 13.1 Å². The van der Waals surface area contributed by atoms with Crippen molar-refractivity contribution in [1.82, 2.24) is 19.7 Å². The molecule has 0 saturated heterocycles. The van der Waals surface area contributed by atoms with Crippen LogP contribution in [0.25, 0.3) is 0 Å². The second-order valence-corrected chi connectivity index (χ2v) is 6.52. The van der Waals surface area contributed by atoms with Crippen LogP contribution < -0.4 is 0 Å². The van der Waals surface area contributed by atoms with E-state index >= 15 is 0 Å². The lowest BCUT2D eigenvalue weighted by atomic mass is 10.2. The Balaban J connectivity index is 1.67. The first-order chi connectivity index (χ1) is 9.90. The largest absolute Gasteiger partial charge is 0.444 e. The molecule has 2 heterocycles. The molecule has 0 atom stereocenters. The molecule has 1 aromatic rings. The number of carbonyl (C=O) groups is 1. The minimum atomic E-state index is -0.483. The van der Waals surface area contributed by atoms with E-state index in [0.717, 1.165) is 5.82 Å². The van der Waals surface area contributed by atoms with Crippen LogP contribution in [0.2, 0.25) is 0 Å². The predicted octanol–water partition coefficient (Wildman–Crippen LogP) is 1.79. The Kier molecular flexibility index (Phi) is 3.36. The van der Waals surface area contributed by atoms with Crippen molar-refractivity contribution in [3.05, 3.63) is 11.6 Å². The van der Waals surface area contributed by atoms with Crippen LogP contribution in [0.5, 0.6) is 0 Å². The number of hydrogen-bond acceptors (Lipinski definition) is 4. The average Bonchev–Trinajstić information content (AvgIpc) is 3.12. The fourth-order valence-electron chi connectivity index (χ4n) is 2.07. The molecule has 0 N–H and O–H groups in total. The molecule has 0 unspecified atom stereocenters. The van der Waals surface area contributed by atoms with Crippen LogP contribution in [-0.2, 0) is 17.8 Å². The minimum Gasteiger partial charge on any atom is -0.444 e. The Morgan fingerprint density at radius 2 is 2.10 bits per heavy atom. The van der Waals surface area contributed by atoms with Gasteiger partial charge in [0.1, 0.15) is 11.4 Å². The Morgan fingerprint density at radius 1 is 1.33 bits per heavy atom. The Bertz CT molecular complexity index is 614. The van der Waals surface area contributed by atoms with Gasteiger partial charge in [0.15, 0.2) is 0 Å². The van der Waals surface area contributed by atoms with Crippen LogP contribution in [0.3, 0.4) is 0 Å². The van der Waals surface area contributed by atoms with Crippen molar-refractivity contribution in [3.63, 3.8) is 0 Å². The van der Waals surface area contributed by atoms with Gasteiger partial charge in [-0.2, -0.15) is 0 Å². The summed E-state index contributed by atoms with van der Waals surface area (Å²) < 4.78 is 7.22. The fraction of sp³-hybridized carbons (Fsp3) is 0.667. The molecule has 0 spiro atoms. The van der Waals surface area contributed by atoms with E-state index in [0.29, 0.717) is 31.4 Å². The number of hydrogen-bond donors (Lipinski definition) is 0. The number of rotatable bonds is 0. The van der Waals surface area contributed by atoms with E-state index in [1.54, 1.807) is 4.90 Å². The first kappa shape index (κ1) is 13.9. The van der Waals surface area contributed by atoms with Crippen molar-refractivity contribution in [2.24, 2.45) is 5.92 Å². The van der Waals surface area contributed by atoms with E-state index in [1.807, 2.05) is 25.5 Å². The highest BCUT2D eigenvalue weighted by molar-refractivity contribution is 5.68. The van der Waals surface area contributed by atoms with Crippen molar-refractivity contribution in [2.45, 2.75) is 52.3 Å². The van der Waals surface area contributed by atoms with E-state index in [2.05, 4.69) is 21.9 Å². The molecule has 0 aromatic carbocycles. The lowest BCUT2D eigenvalue weighted by Crippen LogP contribution is -2.41. The number of aromatic nitrogens is 3. The molecule has 1 aromatic heterocycles. The molecule has 1 aliphatic carbocycles. The zero-order valence-corrected chi connectivity index (χ0v) is 12.7. The monoisotopic (exact) mass is 288 g/mol. The van der Waals surface area contributed by atoms with Crippen LogP contribution in [-0.4, -0.2) is 37.9 Å². The van der Waals surface area contributed by atoms with Gasteiger partial charge in [-0.05, 0) is 39.5 Å². The van der Waals surface area contributed by atoms with Gasteiger partial charge in [0, 0.05) is 12.5 Å². The lowest BCUT2D eigenvalue weighted by molar-refractivity contribution is 0.0190. The summed E-state index contributed by atoms with van der Waals surface area (Å²) in [7, 11) is 0. The van der Waals surface area contributed by atoms with Crippen molar-refractivity contribution >= 4 is 6.09 Å². The highest BCUT2D eigenvalue weighted by Crippen LogP contribution is 2.27. The molecule has 0 radical (unpaired) electrons. The second-order valence-electron chi connectivity index (χ2n) is 6.52. The summed E-state index contributed by atoms with van der Waals surface area (Å²) in [5, 5.41) is 4.37. The van der Waals surface area contributed by atoms with E-state index in [9.17, 15) is 4.79 Å². The molecule has 3 rings (SSSR count). The number of amides is 1. The molecule has 1 saturated carbocycles. The highest BCUT2D eigenvalue weighted by atomic mass is 16.6. The van der Waals surface area contributed by atoms with Gasteiger partial charge < -0.3 is 4.74 Å². The quantitative estimate of drug-likeness (QED) is 0.683. The summed E-state index contributed by atoms with van der Waals surface area (Å²) in [5.41, 5.74) is -0.483. The Morgan fingerprint density at radius 3 is 2.76 bits per heavy atom. The van der Waals surface area contributed by atoms with Crippen molar-refractivity contribution in [3.8, 4) is 11.8 Å². The molecule has 1 amide bonds. The molecule has 1 fully saturated rings. The van der Waals surface area contributed by atoms with E-state index < -0.39 is 5.60 Å². The number of fused-ring (bicyclic) bond motifs is 1. The van der Waals surface area contributed by atoms with Crippen LogP contribution in [0.4, 0.5) is 4.79 Å². The normalized spacial score (nSPS) is 17.8. The smallest absolute Gasteiger partial charge is 0.410 e. The second kappa shape index (κ2) is 5.06. The SMILES string of the molecule is CC(C)(C)OC(=O)N1CCn2nc(C#CC3CC3)nc2C1. The Hall–Kier alpha value is -2.03. The third-order valence-corrected chi connectivity index (χ3v) is 3.28. The maximum absolute atomic E-state index is 12.1. The average molecular weight is 288 g/mol. The fourth-order valence-corrected chi connectivity index (χ4v) is 2.07. The van der Waals surface area contributed by atoms with Gasteiger partial charge >= 0.3 is 6.09 Å². The van der Waals surface area contributed by atoms with Crippen LogP contribution in [0.1, 0.15) is 45.3 Å². The number of carbonyl (C=O) groups excluding carboxylic acids is 1. The summed E-state index contributed by atoms with van der Waals surface area (Å²) >= 11 is 0. The molecular weight excluding hydrogens is 268 g/mol. The zero-order chi connectivity index (χ0) is 15.0. The topological polar surface area (TPSA) is 60.2 Å². The van der Waals surface area contributed by atoms with E-state index in [-0.39, 0.29) is 6.09 Å². The molecule has 2 aliphatic rings. The maximum Gasteiger partial charge on any atom is 0.410 e. The standard InChI is InChI=1S/C15H20N4O2/c1-15(2,3)21-14(20)18-8-9-19-13(10-18)16-12(17-19)7-6-11-4-5-11/h11H,4-5,8-10H2,1-3H3. The third-order valence-electron chi connectivity index (χ3n) is 3.28. The third kappa shape index (κ3) is 3.54. The summed E-state index contributed by atoms with van der Waals surface area (Å²) in [4.78, 5) is 18.1. The lowest BCUT2D eigenvalue weighted by Gasteiger charge is -2.29. The molecule has 21 heavy (non-hydrogen) atoms. The van der Waals surface area contributed by atoms with Gasteiger partial charge in [-0.25, -0.2) is 14.5 Å². The van der Waals surface area contributed by atoms with Crippen LogP contribution in [0.15, 0.2) is 0 Å². The summed E-state index contributed by atoms with van der Waals surface area (Å²) in [6.07, 6.45) is 2.07. The van der Waals surface area contributed by atoms with Crippen molar-refractivity contribution in [2.75, 3.05) is 6.54 Å². The Labute approximate surface area is 124 Å². The molecule has 6 nitrogen and oxygen atoms in total. The van der Waals surface area contributed by atoms with Crippen molar-refractivity contribution < 1.29 is 9.53 Å². The molecule has 0 bridgehead atoms. The van der Waals surface area contributed by atoms with Gasteiger partial charge in [-0.3, -0.25) is 4.90 Å². The van der Waals surface area contributed by atoms with E-state index in [4.69, 9.17) is 4.74 Å². The molecule has 112 valence electrons. The van der Waals surface area contributed by atoms with Gasteiger partial charge in [0.25, 0.3) is 0 Å². The van der Waals surface area contributed by atoms with Crippen LogP contribution >= 0.6 is 0 Å². The summed E-state index contributed by atoms with van der Waals surface area (Å²) in [6.45, 7) is 7.23. The summed E-state index contributed by atoms with van der Waals surface area (Å²) in [6, 6.07) is 0. The number of nitrogens with zero attached hydrogens (tertiary/aromatic N) is 4. The van der Waals surface area contributed by atoms with Crippen molar-refractivity contribution in [1.29, 1.82) is 0 Å². The first-order valence-electron chi connectivity index (χ1n) is 7.34. The van der Waals surface area contributed by atoms with Gasteiger partial charge in [0.2, 0.25) is 5.82 Å². The van der Waals surface area contributed by atoms with E-state index in [1.165, 1.54) is 12.8 Å². The summed E-state index contributed by atoms with van der Waals surface area (Å²) in [5.74, 6) is 8.03. The highest BCUT2D eigenvalue weighted by Gasteiger charge is 2.27. The zero-order valence-electron chi connectivity index (χ0n) is 12.7. The van der Waals surface area contributed by atoms with Gasteiger partial charge in [-0.1, -0.05) is 5.92 Å². The molecule has 6 heteroatoms. The minimum absolute atomic E-state index is 0.303. The molecule has 1 aliphatic heterocycles. The first-order valence-corrected chi connectivity index (χ1v) is 7.34. The van der Waals surface area contributed by atoms with Crippen LogP contribution in [0, 0.1) is 17.8 Å². The molecular formula is C15H20N4O2.